The average molecular weight is 286 g/mol. The van der Waals surface area contributed by atoms with Gasteiger partial charge in [-0.15, -0.1) is 0 Å². The monoisotopic (exact) mass is 286 g/mol. The van der Waals surface area contributed by atoms with Gasteiger partial charge in [-0.25, -0.2) is 0 Å². The Balaban J connectivity index is 2.29. The topological polar surface area (TPSA) is 43.4 Å². The van der Waals surface area contributed by atoms with Crippen molar-refractivity contribution in [2.45, 2.75) is 19.4 Å². The summed E-state index contributed by atoms with van der Waals surface area (Å²) in [6.07, 6.45) is 4.53. The molecule has 1 aromatic heterocycles. The normalized spacial score (nSPS) is 12.0. The zero-order chi connectivity index (χ0) is 15.1. The number of aromatic nitrogens is 1. The molecule has 0 saturated carbocycles. The predicted molar refractivity (Wildman–Crippen MR) is 83.9 cm³/mol. The van der Waals surface area contributed by atoms with Gasteiger partial charge in [0.25, 0.3) is 0 Å². The molecule has 1 unspecified atom stereocenters. The second-order valence-electron chi connectivity index (χ2n) is 4.78. The van der Waals surface area contributed by atoms with Crippen molar-refractivity contribution in [1.29, 1.82) is 0 Å². The van der Waals surface area contributed by atoms with E-state index in [9.17, 15) is 0 Å². The minimum absolute atomic E-state index is 0.193. The first-order chi connectivity index (χ1) is 10.3. The van der Waals surface area contributed by atoms with Crippen LogP contribution in [-0.4, -0.2) is 25.7 Å². The molecule has 0 aliphatic heterocycles. The van der Waals surface area contributed by atoms with Crippen molar-refractivity contribution in [3.8, 4) is 11.5 Å². The second-order valence-corrected chi connectivity index (χ2v) is 4.78. The molecule has 2 rings (SSSR count). The minimum atomic E-state index is 0.193. The summed E-state index contributed by atoms with van der Waals surface area (Å²) in [5.41, 5.74) is 2.38. The van der Waals surface area contributed by atoms with Crippen LogP contribution < -0.4 is 14.8 Å². The first kappa shape index (κ1) is 15.3. The van der Waals surface area contributed by atoms with E-state index in [1.165, 1.54) is 5.56 Å². The maximum absolute atomic E-state index is 5.52. The van der Waals surface area contributed by atoms with Crippen LogP contribution in [0, 0.1) is 0 Å². The van der Waals surface area contributed by atoms with Gasteiger partial charge in [0.05, 0.1) is 14.2 Å². The van der Waals surface area contributed by atoms with Gasteiger partial charge in [0.1, 0.15) is 11.5 Å². The van der Waals surface area contributed by atoms with Gasteiger partial charge >= 0.3 is 0 Å². The molecular weight excluding hydrogens is 264 g/mol. The lowest BCUT2D eigenvalue weighted by molar-refractivity contribution is 0.384. The molecule has 4 heteroatoms. The number of hydrogen-bond acceptors (Lipinski definition) is 4. The van der Waals surface area contributed by atoms with Crippen LogP contribution in [0.25, 0.3) is 0 Å². The SMILES string of the molecule is CCNC(Cc1ccncc1)c1ccc(OC)cc1OC. The number of hydrogen-bond donors (Lipinski definition) is 1. The summed E-state index contributed by atoms with van der Waals surface area (Å²) >= 11 is 0. The summed E-state index contributed by atoms with van der Waals surface area (Å²) < 4.78 is 10.8. The van der Waals surface area contributed by atoms with Crippen LogP contribution in [0.1, 0.15) is 24.1 Å². The van der Waals surface area contributed by atoms with Crippen LogP contribution in [0.3, 0.4) is 0 Å². The number of rotatable bonds is 7. The third-order valence-electron chi connectivity index (χ3n) is 3.46. The lowest BCUT2D eigenvalue weighted by Crippen LogP contribution is -2.23. The largest absolute Gasteiger partial charge is 0.497 e. The second kappa shape index (κ2) is 7.64. The molecule has 4 nitrogen and oxygen atoms in total. The lowest BCUT2D eigenvalue weighted by atomic mass is 9.98. The zero-order valence-electron chi connectivity index (χ0n) is 12.8. The van der Waals surface area contributed by atoms with E-state index in [0.717, 1.165) is 30.0 Å². The molecule has 2 aromatic rings. The van der Waals surface area contributed by atoms with Gasteiger partial charge in [-0.1, -0.05) is 13.0 Å². The van der Waals surface area contributed by atoms with Gasteiger partial charge in [-0.3, -0.25) is 4.98 Å². The average Bonchev–Trinajstić information content (AvgIpc) is 2.55. The Bertz CT molecular complexity index is 558. The minimum Gasteiger partial charge on any atom is -0.497 e. The zero-order valence-corrected chi connectivity index (χ0v) is 12.8. The van der Waals surface area contributed by atoms with Crippen molar-refractivity contribution >= 4 is 0 Å². The number of ether oxygens (including phenoxy) is 2. The molecule has 1 aromatic carbocycles. The molecule has 112 valence electrons. The Morgan fingerprint density at radius 1 is 1.10 bits per heavy atom. The Kier molecular flexibility index (Phi) is 5.58. The number of methoxy groups -OCH3 is 2. The van der Waals surface area contributed by atoms with Gasteiger partial charge < -0.3 is 14.8 Å². The Labute approximate surface area is 126 Å². The Hall–Kier alpha value is -2.07. The molecule has 0 radical (unpaired) electrons. The van der Waals surface area contributed by atoms with E-state index in [4.69, 9.17) is 9.47 Å². The fourth-order valence-electron chi connectivity index (χ4n) is 2.40. The Morgan fingerprint density at radius 3 is 2.48 bits per heavy atom. The fraction of sp³-hybridized carbons (Fsp3) is 0.353. The highest BCUT2D eigenvalue weighted by Gasteiger charge is 2.16. The van der Waals surface area contributed by atoms with E-state index in [1.54, 1.807) is 14.2 Å². The van der Waals surface area contributed by atoms with Crippen LogP contribution in [0.5, 0.6) is 11.5 Å². The van der Waals surface area contributed by atoms with E-state index in [0.29, 0.717) is 0 Å². The standard InChI is InChI=1S/C17H22N2O2/c1-4-19-16(11-13-7-9-18-10-8-13)15-6-5-14(20-2)12-17(15)21-3/h5-10,12,16,19H,4,11H2,1-3H3. The highest BCUT2D eigenvalue weighted by molar-refractivity contribution is 5.43. The van der Waals surface area contributed by atoms with E-state index < -0.39 is 0 Å². The number of nitrogens with zero attached hydrogens (tertiary/aromatic N) is 1. The van der Waals surface area contributed by atoms with Crippen molar-refractivity contribution < 1.29 is 9.47 Å². The predicted octanol–water partition coefficient (Wildman–Crippen LogP) is 2.99. The van der Waals surface area contributed by atoms with Crippen molar-refractivity contribution in [1.82, 2.24) is 10.3 Å². The molecule has 0 aliphatic rings. The molecule has 0 saturated heterocycles. The highest BCUT2D eigenvalue weighted by atomic mass is 16.5. The third-order valence-corrected chi connectivity index (χ3v) is 3.46. The number of benzene rings is 1. The van der Waals surface area contributed by atoms with E-state index in [-0.39, 0.29) is 6.04 Å². The maximum atomic E-state index is 5.52. The van der Waals surface area contributed by atoms with Gasteiger partial charge in [-0.2, -0.15) is 0 Å². The smallest absolute Gasteiger partial charge is 0.127 e. The summed E-state index contributed by atoms with van der Waals surface area (Å²) in [5, 5.41) is 3.52. The van der Waals surface area contributed by atoms with Crippen molar-refractivity contribution in [2.24, 2.45) is 0 Å². The van der Waals surface area contributed by atoms with Crippen molar-refractivity contribution in [3.63, 3.8) is 0 Å². The molecule has 1 N–H and O–H groups in total. The first-order valence-corrected chi connectivity index (χ1v) is 7.12. The fourth-order valence-corrected chi connectivity index (χ4v) is 2.40. The summed E-state index contributed by atoms with van der Waals surface area (Å²) in [6.45, 7) is 3.00. The summed E-state index contributed by atoms with van der Waals surface area (Å²) in [7, 11) is 3.35. The van der Waals surface area contributed by atoms with Crippen LogP contribution >= 0.6 is 0 Å². The van der Waals surface area contributed by atoms with E-state index in [2.05, 4.69) is 23.3 Å². The van der Waals surface area contributed by atoms with Gasteiger partial charge in [0.2, 0.25) is 0 Å². The molecule has 0 aliphatic carbocycles. The van der Waals surface area contributed by atoms with Crippen LogP contribution in [-0.2, 0) is 6.42 Å². The molecule has 0 amide bonds. The number of pyridine rings is 1. The van der Waals surface area contributed by atoms with Crippen LogP contribution in [0.15, 0.2) is 42.7 Å². The van der Waals surface area contributed by atoms with Gasteiger partial charge in [-0.05, 0) is 36.7 Å². The molecule has 0 bridgehead atoms. The number of nitrogens with one attached hydrogen (secondary N) is 1. The lowest BCUT2D eigenvalue weighted by Gasteiger charge is -2.21. The van der Waals surface area contributed by atoms with Crippen molar-refractivity contribution in [3.05, 3.63) is 53.9 Å². The summed E-state index contributed by atoms with van der Waals surface area (Å²) in [4.78, 5) is 4.07. The summed E-state index contributed by atoms with van der Waals surface area (Å²) in [5.74, 6) is 1.64. The molecule has 1 heterocycles. The molecular formula is C17H22N2O2. The number of likely N-dealkylation sites (N-methyl/N-ethyl adjacent to an activating group) is 1. The van der Waals surface area contributed by atoms with E-state index in [1.807, 2.05) is 36.7 Å². The molecule has 0 fully saturated rings. The molecule has 1 atom stereocenters. The van der Waals surface area contributed by atoms with Crippen molar-refractivity contribution in [2.75, 3.05) is 20.8 Å². The first-order valence-electron chi connectivity index (χ1n) is 7.12. The third kappa shape index (κ3) is 3.95. The Morgan fingerprint density at radius 2 is 1.86 bits per heavy atom. The molecule has 0 spiro atoms. The van der Waals surface area contributed by atoms with E-state index >= 15 is 0 Å². The van der Waals surface area contributed by atoms with Gasteiger partial charge in [0, 0.05) is 30.1 Å². The van der Waals surface area contributed by atoms with Crippen LogP contribution in [0.2, 0.25) is 0 Å². The quantitative estimate of drug-likeness (QED) is 0.849. The van der Waals surface area contributed by atoms with Crippen LogP contribution in [0.4, 0.5) is 0 Å². The summed E-state index contributed by atoms with van der Waals surface area (Å²) in [6, 6.07) is 10.2. The van der Waals surface area contributed by atoms with Gasteiger partial charge in [0.15, 0.2) is 0 Å². The maximum Gasteiger partial charge on any atom is 0.127 e. The molecule has 21 heavy (non-hydrogen) atoms. The highest BCUT2D eigenvalue weighted by Crippen LogP contribution is 2.31.